The number of benzene rings is 2. The van der Waals surface area contributed by atoms with Crippen molar-refractivity contribution in [1.82, 2.24) is 25.2 Å². The quantitative estimate of drug-likeness (QED) is 0.210. The second-order valence-electron chi connectivity index (χ2n) is 6.71. The Kier molecular flexibility index (Phi) is 7.48. The van der Waals surface area contributed by atoms with Crippen molar-refractivity contribution in [2.24, 2.45) is 5.10 Å². The number of hydrogen-bond acceptors (Lipinski definition) is 7. The summed E-state index contributed by atoms with van der Waals surface area (Å²) < 4.78 is 8.00. The molecule has 0 aliphatic carbocycles. The number of rotatable bonds is 8. The summed E-state index contributed by atoms with van der Waals surface area (Å²) in [6.45, 7) is 0. The van der Waals surface area contributed by atoms with E-state index in [0.717, 1.165) is 27.0 Å². The average Bonchev–Trinajstić information content (AvgIpc) is 3.28. The Bertz CT molecular complexity index is 1240. The first kappa shape index (κ1) is 22.7. The monoisotopic (exact) mass is 522 g/mol. The standard InChI is InChI=1S/C23H19BrN6O2S/c1-32-20-10-4-16(5-11-20)13-26-27-21(31)15-33-23-29-28-22(17-3-2-12-25-14-17)30(23)19-8-6-18(24)7-9-19/h2-14H,15H2,1H3,(H,27,31). The highest BCUT2D eigenvalue weighted by atomic mass is 79.9. The van der Waals surface area contributed by atoms with Gasteiger partial charge in [0, 0.05) is 28.1 Å². The predicted molar refractivity (Wildman–Crippen MR) is 132 cm³/mol. The number of hydrazone groups is 1. The molecule has 0 saturated carbocycles. The largest absolute Gasteiger partial charge is 0.497 e. The summed E-state index contributed by atoms with van der Waals surface area (Å²) in [6, 6.07) is 18.9. The van der Waals surface area contributed by atoms with Gasteiger partial charge >= 0.3 is 0 Å². The molecule has 8 nitrogen and oxygen atoms in total. The van der Waals surface area contributed by atoms with E-state index < -0.39 is 0 Å². The van der Waals surface area contributed by atoms with Crippen molar-refractivity contribution >= 4 is 39.8 Å². The van der Waals surface area contributed by atoms with Gasteiger partial charge in [0.25, 0.3) is 5.91 Å². The molecule has 0 spiro atoms. The zero-order valence-corrected chi connectivity index (χ0v) is 20.0. The van der Waals surface area contributed by atoms with Crippen LogP contribution in [0, 0.1) is 0 Å². The molecule has 4 rings (SSSR count). The topological polar surface area (TPSA) is 94.3 Å². The number of carbonyl (C=O) groups excluding carboxylic acids is 1. The van der Waals surface area contributed by atoms with Crippen LogP contribution in [0.4, 0.5) is 0 Å². The maximum Gasteiger partial charge on any atom is 0.250 e. The summed E-state index contributed by atoms with van der Waals surface area (Å²) >= 11 is 4.74. The SMILES string of the molecule is COc1ccc(C=NNC(=O)CSc2nnc(-c3cccnc3)n2-c2ccc(Br)cc2)cc1. The second kappa shape index (κ2) is 10.9. The second-order valence-corrected chi connectivity index (χ2v) is 8.57. The zero-order valence-electron chi connectivity index (χ0n) is 17.6. The van der Waals surface area contributed by atoms with Crippen molar-refractivity contribution < 1.29 is 9.53 Å². The van der Waals surface area contributed by atoms with Crippen LogP contribution in [0.25, 0.3) is 17.1 Å². The van der Waals surface area contributed by atoms with Crippen molar-refractivity contribution in [2.45, 2.75) is 5.16 Å². The van der Waals surface area contributed by atoms with Crippen molar-refractivity contribution in [3.8, 4) is 22.8 Å². The molecule has 2 aromatic heterocycles. The Morgan fingerprint density at radius 1 is 1.15 bits per heavy atom. The summed E-state index contributed by atoms with van der Waals surface area (Å²) in [6.07, 6.45) is 5.01. The van der Waals surface area contributed by atoms with Gasteiger partial charge in [0.05, 0.1) is 19.1 Å². The van der Waals surface area contributed by atoms with Crippen LogP contribution in [0.2, 0.25) is 0 Å². The molecule has 2 heterocycles. The Hall–Kier alpha value is -3.50. The minimum atomic E-state index is -0.252. The smallest absolute Gasteiger partial charge is 0.250 e. The van der Waals surface area contributed by atoms with Crippen LogP contribution in [-0.2, 0) is 4.79 Å². The minimum Gasteiger partial charge on any atom is -0.497 e. The highest BCUT2D eigenvalue weighted by Gasteiger charge is 2.17. The number of aromatic nitrogens is 4. The van der Waals surface area contributed by atoms with Gasteiger partial charge in [0.2, 0.25) is 0 Å². The molecule has 0 bridgehead atoms. The summed E-state index contributed by atoms with van der Waals surface area (Å²) in [5.41, 5.74) is 5.09. The predicted octanol–water partition coefficient (Wildman–Crippen LogP) is 4.34. The van der Waals surface area contributed by atoms with E-state index in [1.807, 2.05) is 65.2 Å². The van der Waals surface area contributed by atoms with Gasteiger partial charge in [-0.25, -0.2) is 5.43 Å². The third-order valence-corrected chi connectivity index (χ3v) is 5.95. The van der Waals surface area contributed by atoms with Crippen LogP contribution >= 0.6 is 27.7 Å². The lowest BCUT2D eigenvalue weighted by atomic mass is 10.2. The van der Waals surface area contributed by atoms with Crippen LogP contribution in [0.15, 0.2) is 87.8 Å². The fourth-order valence-corrected chi connectivity index (χ4v) is 3.91. The number of hydrogen-bond donors (Lipinski definition) is 1. The van der Waals surface area contributed by atoms with E-state index in [2.05, 4.69) is 41.6 Å². The van der Waals surface area contributed by atoms with Gasteiger partial charge in [-0.3, -0.25) is 14.3 Å². The van der Waals surface area contributed by atoms with Crippen LogP contribution in [-0.4, -0.2) is 44.7 Å². The Balaban J connectivity index is 1.47. The lowest BCUT2D eigenvalue weighted by Crippen LogP contribution is -2.20. The van der Waals surface area contributed by atoms with Gasteiger partial charge in [0.15, 0.2) is 11.0 Å². The van der Waals surface area contributed by atoms with Crippen molar-refractivity contribution in [3.63, 3.8) is 0 Å². The summed E-state index contributed by atoms with van der Waals surface area (Å²) in [7, 11) is 1.61. The van der Waals surface area contributed by atoms with Crippen LogP contribution in [0.5, 0.6) is 5.75 Å². The summed E-state index contributed by atoms with van der Waals surface area (Å²) in [4.78, 5) is 16.5. The molecule has 166 valence electrons. The normalized spacial score (nSPS) is 11.0. The molecule has 0 aliphatic rings. The minimum absolute atomic E-state index is 0.127. The molecule has 1 amide bonds. The Morgan fingerprint density at radius 3 is 2.64 bits per heavy atom. The first-order valence-corrected chi connectivity index (χ1v) is 11.6. The molecule has 33 heavy (non-hydrogen) atoms. The molecular formula is C23H19BrN6O2S. The average molecular weight is 523 g/mol. The van der Waals surface area contributed by atoms with Crippen molar-refractivity contribution in [1.29, 1.82) is 0 Å². The number of ether oxygens (including phenoxy) is 1. The number of nitrogens with one attached hydrogen (secondary N) is 1. The molecule has 0 atom stereocenters. The Labute approximate surface area is 203 Å². The van der Waals surface area contributed by atoms with Gasteiger partial charge in [-0.2, -0.15) is 5.10 Å². The van der Waals surface area contributed by atoms with E-state index in [1.165, 1.54) is 11.8 Å². The lowest BCUT2D eigenvalue weighted by Gasteiger charge is -2.10. The number of nitrogens with zero attached hydrogens (tertiary/aromatic N) is 5. The number of halogens is 1. The number of carbonyl (C=O) groups is 1. The van der Waals surface area contributed by atoms with Crippen molar-refractivity contribution in [2.75, 3.05) is 12.9 Å². The molecule has 0 saturated heterocycles. The zero-order chi connectivity index (χ0) is 23.0. The molecule has 0 radical (unpaired) electrons. The highest BCUT2D eigenvalue weighted by Crippen LogP contribution is 2.28. The summed E-state index contributed by atoms with van der Waals surface area (Å²) in [5, 5.41) is 13.3. The molecule has 0 unspecified atom stereocenters. The number of pyridine rings is 1. The molecule has 0 aliphatic heterocycles. The maximum absolute atomic E-state index is 12.3. The van der Waals surface area contributed by atoms with E-state index in [4.69, 9.17) is 4.74 Å². The summed E-state index contributed by atoms with van der Waals surface area (Å²) in [5.74, 6) is 1.28. The molecule has 1 N–H and O–H groups in total. The van der Waals surface area contributed by atoms with Crippen molar-refractivity contribution in [3.05, 3.63) is 83.1 Å². The van der Waals surface area contributed by atoms with Crippen LogP contribution < -0.4 is 10.2 Å². The van der Waals surface area contributed by atoms with E-state index in [-0.39, 0.29) is 11.7 Å². The maximum atomic E-state index is 12.3. The molecule has 2 aromatic carbocycles. The first-order chi connectivity index (χ1) is 16.1. The van der Waals surface area contributed by atoms with E-state index in [1.54, 1.807) is 25.7 Å². The third-order valence-electron chi connectivity index (χ3n) is 4.49. The van der Waals surface area contributed by atoms with Gasteiger partial charge in [-0.15, -0.1) is 10.2 Å². The van der Waals surface area contributed by atoms with E-state index in [0.29, 0.717) is 11.0 Å². The van der Waals surface area contributed by atoms with Gasteiger partial charge < -0.3 is 4.74 Å². The van der Waals surface area contributed by atoms with E-state index in [9.17, 15) is 4.79 Å². The lowest BCUT2D eigenvalue weighted by molar-refractivity contribution is -0.118. The number of methoxy groups -OCH3 is 1. The van der Waals surface area contributed by atoms with Crippen LogP contribution in [0.3, 0.4) is 0 Å². The van der Waals surface area contributed by atoms with Crippen LogP contribution in [0.1, 0.15) is 5.56 Å². The first-order valence-electron chi connectivity index (χ1n) is 9.84. The number of thioether (sulfide) groups is 1. The highest BCUT2D eigenvalue weighted by molar-refractivity contribution is 9.10. The number of amides is 1. The Morgan fingerprint density at radius 2 is 1.94 bits per heavy atom. The molecule has 0 fully saturated rings. The third kappa shape index (κ3) is 5.85. The fraction of sp³-hybridized carbons (Fsp3) is 0.0870. The molecule has 4 aromatic rings. The van der Waals surface area contributed by atoms with Gasteiger partial charge in [-0.05, 0) is 66.2 Å². The molecular weight excluding hydrogens is 504 g/mol. The van der Waals surface area contributed by atoms with Gasteiger partial charge in [0.1, 0.15) is 5.75 Å². The molecule has 10 heteroatoms. The van der Waals surface area contributed by atoms with E-state index >= 15 is 0 Å². The fourth-order valence-electron chi connectivity index (χ4n) is 2.90. The van der Waals surface area contributed by atoms with Gasteiger partial charge in [-0.1, -0.05) is 27.7 Å².